The van der Waals surface area contributed by atoms with Crippen LogP contribution in [0.2, 0.25) is 0 Å². The van der Waals surface area contributed by atoms with Gasteiger partial charge in [0.15, 0.2) is 11.7 Å². The predicted molar refractivity (Wildman–Crippen MR) is 53.8 cm³/mol. The van der Waals surface area contributed by atoms with Gasteiger partial charge in [-0.25, -0.2) is 0 Å². The quantitative estimate of drug-likeness (QED) is 0.459. The summed E-state index contributed by atoms with van der Waals surface area (Å²) in [5.74, 6) is -2.08. The van der Waals surface area contributed by atoms with E-state index in [1.165, 1.54) is 12.1 Å². The number of para-hydroxylation sites is 1. The molecule has 0 saturated heterocycles. The standard InChI is InChI=1S/C10H9ClO4/c11-9(6-12)10(14,7-13)15-8-4-2-1-3-5-8/h1-7,9,14H. The largest absolute Gasteiger partial charge is 0.453 e. The minimum Gasteiger partial charge on any atom is -0.453 e. The second-order valence-electron chi connectivity index (χ2n) is 2.82. The Morgan fingerprint density at radius 2 is 1.93 bits per heavy atom. The normalized spacial score (nSPS) is 16.1. The SMILES string of the molecule is O=CC(Cl)C(O)(C=O)Oc1ccccc1. The third-order valence-corrected chi connectivity index (χ3v) is 2.12. The van der Waals surface area contributed by atoms with Crippen LogP contribution >= 0.6 is 11.6 Å². The molecule has 0 fully saturated rings. The topological polar surface area (TPSA) is 63.6 Å². The van der Waals surface area contributed by atoms with E-state index in [2.05, 4.69) is 0 Å². The minimum atomic E-state index is -2.33. The fraction of sp³-hybridized carbons (Fsp3) is 0.200. The van der Waals surface area contributed by atoms with Crippen molar-refractivity contribution in [2.45, 2.75) is 11.2 Å². The van der Waals surface area contributed by atoms with Gasteiger partial charge in [0.05, 0.1) is 0 Å². The van der Waals surface area contributed by atoms with Crippen LogP contribution in [0.1, 0.15) is 0 Å². The first kappa shape index (κ1) is 11.7. The summed E-state index contributed by atoms with van der Waals surface area (Å²) in [6, 6.07) is 8.12. The fourth-order valence-corrected chi connectivity index (χ4v) is 1.02. The number of hydrogen-bond donors (Lipinski definition) is 1. The highest BCUT2D eigenvalue weighted by atomic mass is 35.5. The van der Waals surface area contributed by atoms with Gasteiger partial charge in [0.2, 0.25) is 0 Å². The Morgan fingerprint density at radius 1 is 1.33 bits per heavy atom. The molecule has 0 aliphatic heterocycles. The monoisotopic (exact) mass is 228 g/mol. The van der Waals surface area contributed by atoms with Crippen molar-refractivity contribution in [1.29, 1.82) is 0 Å². The summed E-state index contributed by atoms with van der Waals surface area (Å²) in [5.41, 5.74) is 0. The van der Waals surface area contributed by atoms with Crippen molar-refractivity contribution in [2.24, 2.45) is 0 Å². The van der Waals surface area contributed by atoms with E-state index in [0.29, 0.717) is 0 Å². The van der Waals surface area contributed by atoms with Gasteiger partial charge < -0.3 is 14.6 Å². The molecule has 0 saturated carbocycles. The van der Waals surface area contributed by atoms with Crippen LogP contribution < -0.4 is 4.74 Å². The Bertz CT molecular complexity index is 341. The number of hydrogen-bond acceptors (Lipinski definition) is 4. The van der Waals surface area contributed by atoms with E-state index in [1.807, 2.05) is 0 Å². The lowest BCUT2D eigenvalue weighted by Gasteiger charge is -2.24. The summed E-state index contributed by atoms with van der Waals surface area (Å²) >= 11 is 5.45. The average Bonchev–Trinajstić information content (AvgIpc) is 2.29. The molecule has 2 unspecified atom stereocenters. The highest BCUT2D eigenvalue weighted by molar-refractivity contribution is 6.29. The molecule has 0 aliphatic carbocycles. The third-order valence-electron chi connectivity index (χ3n) is 1.71. The lowest BCUT2D eigenvalue weighted by molar-refractivity contribution is -0.160. The van der Waals surface area contributed by atoms with Gasteiger partial charge in [-0.3, -0.25) is 4.79 Å². The molecule has 2 atom stereocenters. The Hall–Kier alpha value is -1.39. The maximum atomic E-state index is 10.6. The summed E-state index contributed by atoms with van der Waals surface area (Å²) in [6.45, 7) is 0. The van der Waals surface area contributed by atoms with Crippen molar-refractivity contribution >= 4 is 24.2 Å². The molecule has 4 nitrogen and oxygen atoms in total. The zero-order chi connectivity index (χ0) is 11.3. The number of carbonyl (C=O) groups is 2. The van der Waals surface area contributed by atoms with Gasteiger partial charge in [0.25, 0.3) is 5.79 Å². The summed E-state index contributed by atoms with van der Waals surface area (Å²) in [6.07, 6.45) is 0.324. The molecule has 0 heterocycles. The molecule has 0 bridgehead atoms. The summed E-state index contributed by atoms with van der Waals surface area (Å²) in [5, 5.41) is 8.14. The van der Waals surface area contributed by atoms with Crippen molar-refractivity contribution in [3.8, 4) is 5.75 Å². The van der Waals surface area contributed by atoms with E-state index in [4.69, 9.17) is 16.3 Å². The molecule has 5 heteroatoms. The Kier molecular flexibility index (Phi) is 3.82. The number of carbonyl (C=O) groups excluding carboxylic acids is 2. The molecule has 0 aromatic heterocycles. The number of rotatable bonds is 5. The van der Waals surface area contributed by atoms with Gasteiger partial charge >= 0.3 is 0 Å². The smallest absolute Gasteiger partial charge is 0.288 e. The van der Waals surface area contributed by atoms with Crippen molar-refractivity contribution < 1.29 is 19.4 Å². The van der Waals surface area contributed by atoms with Crippen LogP contribution in [0.25, 0.3) is 0 Å². The van der Waals surface area contributed by atoms with Gasteiger partial charge in [0.1, 0.15) is 12.0 Å². The number of benzene rings is 1. The molecule has 80 valence electrons. The molecule has 1 aromatic carbocycles. The van der Waals surface area contributed by atoms with E-state index in [9.17, 15) is 14.7 Å². The molecule has 0 spiro atoms. The summed E-state index contributed by atoms with van der Waals surface area (Å²) in [4.78, 5) is 21.0. The second kappa shape index (κ2) is 4.91. The number of ether oxygens (including phenoxy) is 1. The minimum absolute atomic E-state index is 0.0894. The maximum Gasteiger partial charge on any atom is 0.288 e. The first-order valence-electron chi connectivity index (χ1n) is 4.14. The van der Waals surface area contributed by atoms with E-state index in [0.717, 1.165) is 0 Å². The molecule has 0 amide bonds. The summed E-state index contributed by atoms with van der Waals surface area (Å²) in [7, 11) is 0. The molecule has 1 aromatic rings. The average molecular weight is 229 g/mol. The van der Waals surface area contributed by atoms with Crippen LogP contribution in [0.15, 0.2) is 30.3 Å². The molecule has 1 N–H and O–H groups in total. The number of alkyl halides is 1. The molecule has 0 radical (unpaired) electrons. The molecule has 1 rings (SSSR count). The van der Waals surface area contributed by atoms with Crippen LogP contribution in [-0.4, -0.2) is 28.8 Å². The maximum absolute atomic E-state index is 10.6. The Morgan fingerprint density at radius 3 is 2.40 bits per heavy atom. The van der Waals surface area contributed by atoms with Gasteiger partial charge in [0, 0.05) is 0 Å². The van der Waals surface area contributed by atoms with Crippen molar-refractivity contribution in [3.05, 3.63) is 30.3 Å². The van der Waals surface area contributed by atoms with Crippen LogP contribution in [0.3, 0.4) is 0 Å². The highest BCUT2D eigenvalue weighted by Gasteiger charge is 2.38. The number of aldehydes is 2. The van der Waals surface area contributed by atoms with E-state index in [1.54, 1.807) is 18.2 Å². The third kappa shape index (κ3) is 2.78. The number of aliphatic hydroxyl groups is 1. The van der Waals surface area contributed by atoms with E-state index >= 15 is 0 Å². The lowest BCUT2D eigenvalue weighted by Crippen LogP contribution is -2.47. The first-order chi connectivity index (χ1) is 7.12. The van der Waals surface area contributed by atoms with Gasteiger partial charge in [-0.2, -0.15) is 0 Å². The Labute approximate surface area is 91.4 Å². The fourth-order valence-electron chi connectivity index (χ4n) is 0.920. The predicted octanol–water partition coefficient (Wildman–Crippen LogP) is 0.759. The zero-order valence-corrected chi connectivity index (χ0v) is 8.42. The first-order valence-corrected chi connectivity index (χ1v) is 4.58. The molecular formula is C10H9ClO4. The summed E-state index contributed by atoms with van der Waals surface area (Å²) < 4.78 is 4.93. The van der Waals surface area contributed by atoms with Gasteiger partial charge in [-0.05, 0) is 12.1 Å². The molecule has 15 heavy (non-hydrogen) atoms. The lowest BCUT2D eigenvalue weighted by atomic mass is 10.2. The van der Waals surface area contributed by atoms with Gasteiger partial charge in [-0.15, -0.1) is 11.6 Å². The van der Waals surface area contributed by atoms with Crippen molar-refractivity contribution in [1.82, 2.24) is 0 Å². The van der Waals surface area contributed by atoms with Crippen LogP contribution in [0, 0.1) is 0 Å². The van der Waals surface area contributed by atoms with E-state index in [-0.39, 0.29) is 18.3 Å². The van der Waals surface area contributed by atoms with Crippen LogP contribution in [-0.2, 0) is 9.59 Å². The second-order valence-corrected chi connectivity index (χ2v) is 3.29. The van der Waals surface area contributed by atoms with Gasteiger partial charge in [-0.1, -0.05) is 18.2 Å². The molecular weight excluding hydrogens is 220 g/mol. The van der Waals surface area contributed by atoms with Crippen molar-refractivity contribution in [3.63, 3.8) is 0 Å². The zero-order valence-electron chi connectivity index (χ0n) is 7.67. The Balaban J connectivity index is 2.86. The van der Waals surface area contributed by atoms with E-state index < -0.39 is 11.2 Å². The highest BCUT2D eigenvalue weighted by Crippen LogP contribution is 2.19. The number of halogens is 1. The van der Waals surface area contributed by atoms with Crippen molar-refractivity contribution in [2.75, 3.05) is 0 Å². The molecule has 0 aliphatic rings. The van der Waals surface area contributed by atoms with Crippen LogP contribution in [0.5, 0.6) is 5.75 Å². The van der Waals surface area contributed by atoms with Crippen LogP contribution in [0.4, 0.5) is 0 Å².